The predicted octanol–water partition coefficient (Wildman–Crippen LogP) is 3.69. The van der Waals surface area contributed by atoms with E-state index in [1.807, 2.05) is 37.3 Å². The number of amides is 2. The largest absolute Gasteiger partial charge is 0.385 e. The van der Waals surface area contributed by atoms with Gasteiger partial charge in [0, 0.05) is 38.2 Å². The Labute approximate surface area is 179 Å². The van der Waals surface area contributed by atoms with Crippen LogP contribution in [-0.2, 0) is 19.7 Å². The minimum absolute atomic E-state index is 0.000314. The number of nitrogens with one attached hydrogen (secondary N) is 1. The van der Waals surface area contributed by atoms with Crippen LogP contribution < -0.4 is 5.32 Å². The molecule has 0 spiro atoms. The normalized spacial score (nSPS) is 11.4. The first-order valence-electron chi connectivity index (χ1n) is 10.4. The number of nitrogens with zero attached hydrogens (tertiary/aromatic N) is 3. The van der Waals surface area contributed by atoms with Crippen molar-refractivity contribution in [2.24, 2.45) is 0 Å². The molecule has 0 atom stereocenters. The molecule has 0 aliphatic carbocycles. The average Bonchev–Trinajstić information content (AvgIpc) is 3.11. The Morgan fingerprint density at radius 3 is 2.43 bits per heavy atom. The molecule has 164 valence electrons. The zero-order valence-electron chi connectivity index (χ0n) is 19.0. The molecule has 0 aliphatic rings. The summed E-state index contributed by atoms with van der Waals surface area (Å²) in [5.41, 5.74) is 2.73. The first-order valence-corrected chi connectivity index (χ1v) is 10.4. The van der Waals surface area contributed by atoms with Gasteiger partial charge in [-0.25, -0.2) is 4.68 Å². The Balaban J connectivity index is 2.24. The van der Waals surface area contributed by atoms with E-state index in [9.17, 15) is 9.59 Å². The van der Waals surface area contributed by atoms with Gasteiger partial charge < -0.3 is 15.0 Å². The molecule has 2 amide bonds. The molecule has 2 rings (SSSR count). The summed E-state index contributed by atoms with van der Waals surface area (Å²) in [7, 11) is 1.62. The maximum Gasteiger partial charge on any atom is 0.245 e. The Morgan fingerprint density at radius 2 is 1.87 bits per heavy atom. The Hall–Kier alpha value is -2.67. The molecule has 0 radical (unpaired) electrons. The zero-order valence-corrected chi connectivity index (χ0v) is 19.0. The lowest BCUT2D eigenvalue weighted by molar-refractivity contribution is -0.134. The van der Waals surface area contributed by atoms with Crippen molar-refractivity contribution in [2.75, 3.05) is 32.1 Å². The first-order chi connectivity index (χ1) is 14.2. The summed E-state index contributed by atoms with van der Waals surface area (Å²) in [5, 5.41) is 7.68. The molecule has 0 unspecified atom stereocenters. The van der Waals surface area contributed by atoms with Gasteiger partial charge in [-0.05, 0) is 25.5 Å². The van der Waals surface area contributed by atoms with Gasteiger partial charge in [-0.15, -0.1) is 0 Å². The van der Waals surface area contributed by atoms with Crippen LogP contribution in [0.15, 0.2) is 30.3 Å². The molecule has 2 aromatic rings. The van der Waals surface area contributed by atoms with Gasteiger partial charge in [-0.2, -0.15) is 5.10 Å². The summed E-state index contributed by atoms with van der Waals surface area (Å²) in [6.07, 6.45) is 1.04. The summed E-state index contributed by atoms with van der Waals surface area (Å²) in [4.78, 5) is 26.6. The van der Waals surface area contributed by atoms with Crippen LogP contribution in [0, 0.1) is 6.92 Å². The van der Waals surface area contributed by atoms with E-state index in [4.69, 9.17) is 9.84 Å². The van der Waals surface area contributed by atoms with Crippen molar-refractivity contribution in [1.29, 1.82) is 0 Å². The van der Waals surface area contributed by atoms with E-state index in [1.54, 1.807) is 23.6 Å². The lowest BCUT2D eigenvalue weighted by Gasteiger charge is -2.21. The summed E-state index contributed by atoms with van der Waals surface area (Å²) in [6.45, 7) is 11.1. The summed E-state index contributed by atoms with van der Waals surface area (Å²) in [5.74, 6) is 0.293. The molecule has 0 aliphatic heterocycles. The number of benzene rings is 1. The maximum atomic E-state index is 12.8. The van der Waals surface area contributed by atoms with E-state index in [0.29, 0.717) is 31.8 Å². The van der Waals surface area contributed by atoms with Gasteiger partial charge >= 0.3 is 0 Å². The highest BCUT2D eigenvalue weighted by Crippen LogP contribution is 2.26. The number of anilines is 1. The van der Waals surface area contributed by atoms with Crippen LogP contribution in [0.2, 0.25) is 0 Å². The summed E-state index contributed by atoms with van der Waals surface area (Å²) in [6, 6.07) is 9.87. The van der Waals surface area contributed by atoms with Crippen molar-refractivity contribution in [1.82, 2.24) is 14.7 Å². The number of carbonyl (C=O) groups excluding carboxylic acids is 2. The van der Waals surface area contributed by atoms with Gasteiger partial charge in [-0.1, -0.05) is 45.4 Å². The predicted molar refractivity (Wildman–Crippen MR) is 119 cm³/mol. The molecular formula is C23H34N4O3. The minimum Gasteiger partial charge on any atom is -0.385 e. The second-order valence-electron chi connectivity index (χ2n) is 8.48. The van der Waals surface area contributed by atoms with Crippen molar-refractivity contribution in [2.45, 2.75) is 52.9 Å². The molecule has 0 saturated carbocycles. The van der Waals surface area contributed by atoms with Crippen LogP contribution in [0.25, 0.3) is 5.69 Å². The number of hydrogen-bond donors (Lipinski definition) is 1. The molecule has 0 bridgehead atoms. The number of aromatic nitrogens is 2. The third-order valence-electron chi connectivity index (χ3n) is 4.79. The second-order valence-corrected chi connectivity index (χ2v) is 8.48. The fraction of sp³-hybridized carbons (Fsp3) is 0.522. The van der Waals surface area contributed by atoms with Gasteiger partial charge in [0.05, 0.1) is 17.9 Å². The Kier molecular flexibility index (Phi) is 8.17. The SMILES string of the molecule is CCC(=O)N(CCCOC)CC(=O)Nc1cc(C(C)(C)C)nn1-c1ccc(C)cc1. The van der Waals surface area contributed by atoms with E-state index in [1.165, 1.54) is 0 Å². The van der Waals surface area contributed by atoms with E-state index in [-0.39, 0.29) is 23.8 Å². The monoisotopic (exact) mass is 414 g/mol. The third-order valence-corrected chi connectivity index (χ3v) is 4.79. The highest BCUT2D eigenvalue weighted by atomic mass is 16.5. The number of methoxy groups -OCH3 is 1. The van der Waals surface area contributed by atoms with E-state index in [0.717, 1.165) is 16.9 Å². The number of hydrogen-bond acceptors (Lipinski definition) is 4. The zero-order chi connectivity index (χ0) is 22.3. The maximum absolute atomic E-state index is 12.8. The van der Waals surface area contributed by atoms with Crippen molar-refractivity contribution in [3.8, 4) is 5.69 Å². The summed E-state index contributed by atoms with van der Waals surface area (Å²) < 4.78 is 6.81. The van der Waals surface area contributed by atoms with Crippen LogP contribution >= 0.6 is 0 Å². The van der Waals surface area contributed by atoms with Crippen LogP contribution in [0.1, 0.15) is 51.8 Å². The molecule has 0 fully saturated rings. The van der Waals surface area contributed by atoms with Crippen LogP contribution in [0.4, 0.5) is 5.82 Å². The van der Waals surface area contributed by atoms with Crippen LogP contribution in [0.3, 0.4) is 0 Å². The molecule has 1 N–H and O–H groups in total. The van der Waals surface area contributed by atoms with Gasteiger partial charge in [0.1, 0.15) is 5.82 Å². The molecule has 1 aromatic carbocycles. The number of rotatable bonds is 9. The Morgan fingerprint density at radius 1 is 1.20 bits per heavy atom. The van der Waals surface area contributed by atoms with Gasteiger partial charge in [0.2, 0.25) is 11.8 Å². The average molecular weight is 415 g/mol. The standard InChI is InChI=1S/C23H34N4O3/c1-7-22(29)26(13-8-14-30-6)16-21(28)24-20-15-19(23(3,4)5)25-27(20)18-11-9-17(2)10-12-18/h9-12,15H,7-8,13-14,16H2,1-6H3,(H,24,28). The molecule has 1 aromatic heterocycles. The number of carbonyl (C=O) groups is 2. The molecule has 30 heavy (non-hydrogen) atoms. The van der Waals surface area contributed by atoms with Gasteiger partial charge in [-0.3, -0.25) is 9.59 Å². The lowest BCUT2D eigenvalue weighted by atomic mass is 9.92. The number of ether oxygens (including phenoxy) is 1. The molecule has 7 nitrogen and oxygen atoms in total. The molecular weight excluding hydrogens is 380 g/mol. The Bertz CT molecular complexity index is 850. The van der Waals surface area contributed by atoms with Crippen molar-refractivity contribution in [3.63, 3.8) is 0 Å². The van der Waals surface area contributed by atoms with E-state index in [2.05, 4.69) is 26.1 Å². The minimum atomic E-state index is -0.247. The van der Waals surface area contributed by atoms with Crippen molar-refractivity contribution in [3.05, 3.63) is 41.6 Å². The van der Waals surface area contributed by atoms with E-state index < -0.39 is 0 Å². The summed E-state index contributed by atoms with van der Waals surface area (Å²) >= 11 is 0. The number of aryl methyl sites for hydroxylation is 1. The quantitative estimate of drug-likeness (QED) is 0.635. The highest BCUT2D eigenvalue weighted by Gasteiger charge is 2.22. The first kappa shape index (κ1) is 23.6. The van der Waals surface area contributed by atoms with E-state index >= 15 is 0 Å². The van der Waals surface area contributed by atoms with Crippen molar-refractivity contribution >= 4 is 17.6 Å². The molecule has 1 heterocycles. The smallest absolute Gasteiger partial charge is 0.245 e. The topological polar surface area (TPSA) is 76.5 Å². The fourth-order valence-electron chi connectivity index (χ4n) is 2.99. The lowest BCUT2D eigenvalue weighted by Crippen LogP contribution is -2.38. The highest BCUT2D eigenvalue weighted by molar-refractivity contribution is 5.94. The molecule has 0 saturated heterocycles. The van der Waals surface area contributed by atoms with Crippen LogP contribution in [-0.4, -0.2) is 53.3 Å². The fourth-order valence-corrected chi connectivity index (χ4v) is 2.99. The second kappa shape index (κ2) is 10.4. The molecule has 7 heteroatoms. The van der Waals surface area contributed by atoms with Gasteiger partial charge in [0.15, 0.2) is 0 Å². The van der Waals surface area contributed by atoms with Crippen molar-refractivity contribution < 1.29 is 14.3 Å². The van der Waals surface area contributed by atoms with Crippen LogP contribution in [0.5, 0.6) is 0 Å². The van der Waals surface area contributed by atoms with Gasteiger partial charge in [0.25, 0.3) is 0 Å². The third kappa shape index (κ3) is 6.42.